The Hall–Kier alpha value is -2.11. The normalized spacial score (nSPS) is 11.1. The van der Waals surface area contributed by atoms with Crippen molar-refractivity contribution in [3.63, 3.8) is 0 Å². The van der Waals surface area contributed by atoms with Crippen molar-refractivity contribution in [1.82, 2.24) is 0 Å². The van der Waals surface area contributed by atoms with Crippen molar-refractivity contribution in [1.29, 1.82) is 0 Å². The number of anilines is 1. The number of primary amides is 1. The fraction of sp³-hybridized carbons (Fsp3) is 0.333. The molecule has 98 valence electrons. The van der Waals surface area contributed by atoms with E-state index in [9.17, 15) is 14.0 Å². The van der Waals surface area contributed by atoms with Crippen molar-refractivity contribution in [3.05, 3.63) is 29.6 Å². The Morgan fingerprint density at radius 2 is 1.94 bits per heavy atom. The summed E-state index contributed by atoms with van der Waals surface area (Å²) >= 11 is 0. The zero-order chi connectivity index (χ0) is 14.1. The number of carboxylic acids is 1. The summed E-state index contributed by atoms with van der Waals surface area (Å²) in [5, 5.41) is 9.12. The number of benzene rings is 1. The second kappa shape index (κ2) is 4.64. The van der Waals surface area contributed by atoms with Gasteiger partial charge in [0.1, 0.15) is 11.4 Å². The Bertz CT molecular complexity index is 500. The largest absolute Gasteiger partial charge is 0.480 e. The van der Waals surface area contributed by atoms with Crippen molar-refractivity contribution in [3.8, 4) is 0 Å². The van der Waals surface area contributed by atoms with Gasteiger partial charge >= 0.3 is 5.97 Å². The third kappa shape index (κ3) is 2.27. The number of rotatable bonds is 4. The first-order chi connectivity index (χ1) is 8.19. The minimum Gasteiger partial charge on any atom is -0.480 e. The standard InChI is InChI=1S/C12H15FN2O3/c1-12(2,11(17)18)15(3)8-6-4-5-7(13)9(8)10(14)16/h4-6H,1-3H3,(H2,14,16)(H,17,18). The van der Waals surface area contributed by atoms with Gasteiger partial charge in [-0.25, -0.2) is 9.18 Å². The predicted molar refractivity (Wildman–Crippen MR) is 65.0 cm³/mol. The highest BCUT2D eigenvalue weighted by Gasteiger charge is 2.34. The molecule has 6 heteroatoms. The summed E-state index contributed by atoms with van der Waals surface area (Å²) in [6, 6.07) is 3.95. The smallest absolute Gasteiger partial charge is 0.328 e. The molecule has 0 radical (unpaired) electrons. The lowest BCUT2D eigenvalue weighted by Gasteiger charge is -2.34. The van der Waals surface area contributed by atoms with Crippen LogP contribution in [-0.2, 0) is 4.79 Å². The molecule has 1 aromatic rings. The van der Waals surface area contributed by atoms with E-state index in [1.807, 2.05) is 0 Å². The first kappa shape index (κ1) is 14.0. The monoisotopic (exact) mass is 254 g/mol. The summed E-state index contributed by atoms with van der Waals surface area (Å²) < 4.78 is 13.6. The maximum Gasteiger partial charge on any atom is 0.328 e. The molecule has 0 atom stereocenters. The summed E-state index contributed by atoms with van der Waals surface area (Å²) in [6.45, 7) is 2.90. The number of nitrogens with zero attached hydrogens (tertiary/aromatic N) is 1. The number of halogens is 1. The number of hydrogen-bond acceptors (Lipinski definition) is 3. The van der Waals surface area contributed by atoms with Crippen molar-refractivity contribution in [2.24, 2.45) is 5.73 Å². The van der Waals surface area contributed by atoms with Crippen molar-refractivity contribution >= 4 is 17.6 Å². The SMILES string of the molecule is CN(c1cccc(F)c1C(N)=O)C(C)(C)C(=O)O. The van der Waals surface area contributed by atoms with Crippen LogP contribution in [0.3, 0.4) is 0 Å². The highest BCUT2D eigenvalue weighted by Crippen LogP contribution is 2.27. The second-order valence-corrected chi connectivity index (χ2v) is 4.42. The van der Waals surface area contributed by atoms with E-state index in [4.69, 9.17) is 10.8 Å². The quantitative estimate of drug-likeness (QED) is 0.846. The Labute approximate surface area is 104 Å². The van der Waals surface area contributed by atoms with Crippen molar-refractivity contribution in [2.75, 3.05) is 11.9 Å². The van der Waals surface area contributed by atoms with Gasteiger partial charge in [0.2, 0.25) is 0 Å². The summed E-state index contributed by atoms with van der Waals surface area (Å²) in [4.78, 5) is 23.7. The van der Waals surface area contributed by atoms with Gasteiger partial charge in [-0.2, -0.15) is 0 Å². The number of aliphatic carboxylic acids is 1. The van der Waals surface area contributed by atoms with Gasteiger partial charge in [0.05, 0.1) is 11.3 Å². The first-order valence-electron chi connectivity index (χ1n) is 5.25. The molecule has 3 N–H and O–H groups in total. The van der Waals surface area contributed by atoms with Crippen LogP contribution in [0.4, 0.5) is 10.1 Å². The number of carbonyl (C=O) groups is 2. The van der Waals surface area contributed by atoms with E-state index in [0.29, 0.717) is 0 Å². The highest BCUT2D eigenvalue weighted by molar-refractivity contribution is 6.00. The lowest BCUT2D eigenvalue weighted by Crippen LogP contribution is -2.48. The Balaban J connectivity index is 3.38. The molecular weight excluding hydrogens is 239 g/mol. The van der Waals surface area contributed by atoms with Crippen LogP contribution in [0.15, 0.2) is 18.2 Å². The number of hydrogen-bond donors (Lipinski definition) is 2. The number of nitrogens with two attached hydrogens (primary N) is 1. The molecule has 1 amide bonds. The van der Waals surface area contributed by atoms with E-state index in [1.165, 1.54) is 37.9 Å². The van der Waals surface area contributed by atoms with E-state index in [2.05, 4.69) is 0 Å². The Kier molecular flexibility index (Phi) is 3.59. The number of amides is 1. The molecule has 0 heterocycles. The van der Waals surface area contributed by atoms with Gasteiger partial charge in [-0.05, 0) is 26.0 Å². The van der Waals surface area contributed by atoms with Crippen LogP contribution in [-0.4, -0.2) is 29.6 Å². The molecule has 0 aliphatic carbocycles. The molecular formula is C12H15FN2O3. The molecule has 0 saturated carbocycles. The van der Waals surface area contributed by atoms with Gasteiger partial charge in [0.25, 0.3) is 5.91 Å². The highest BCUT2D eigenvalue weighted by atomic mass is 19.1. The van der Waals surface area contributed by atoms with Gasteiger partial charge in [-0.15, -0.1) is 0 Å². The molecule has 1 rings (SSSR count). The summed E-state index contributed by atoms with van der Waals surface area (Å²) in [6.07, 6.45) is 0. The van der Waals surface area contributed by atoms with Crippen LogP contribution in [0.2, 0.25) is 0 Å². The first-order valence-corrected chi connectivity index (χ1v) is 5.25. The summed E-state index contributed by atoms with van der Waals surface area (Å²) in [7, 11) is 1.47. The fourth-order valence-corrected chi connectivity index (χ4v) is 1.48. The third-order valence-electron chi connectivity index (χ3n) is 2.96. The van der Waals surface area contributed by atoms with Gasteiger partial charge in [-0.1, -0.05) is 6.07 Å². The topological polar surface area (TPSA) is 83.6 Å². The lowest BCUT2D eigenvalue weighted by molar-refractivity contribution is -0.142. The zero-order valence-electron chi connectivity index (χ0n) is 10.4. The lowest BCUT2D eigenvalue weighted by atomic mass is 10.0. The predicted octanol–water partition coefficient (Wildman–Crippen LogP) is 1.22. The Morgan fingerprint density at radius 1 is 1.39 bits per heavy atom. The van der Waals surface area contributed by atoms with E-state index < -0.39 is 23.2 Å². The molecule has 5 nitrogen and oxygen atoms in total. The van der Waals surface area contributed by atoms with Crippen LogP contribution in [0.25, 0.3) is 0 Å². The molecule has 0 aliphatic heterocycles. The van der Waals surface area contributed by atoms with E-state index in [-0.39, 0.29) is 11.3 Å². The van der Waals surface area contributed by atoms with E-state index >= 15 is 0 Å². The summed E-state index contributed by atoms with van der Waals surface area (Å²) in [5.74, 6) is -2.80. The molecule has 0 aliphatic rings. The maximum atomic E-state index is 13.6. The molecule has 1 aromatic carbocycles. The molecule has 0 aromatic heterocycles. The number of carboxylic acid groups (broad SMARTS) is 1. The molecule has 0 unspecified atom stereocenters. The minimum atomic E-state index is -1.29. The average molecular weight is 254 g/mol. The fourth-order valence-electron chi connectivity index (χ4n) is 1.48. The van der Waals surface area contributed by atoms with Gasteiger partial charge in [0, 0.05) is 7.05 Å². The van der Waals surface area contributed by atoms with Crippen LogP contribution in [0, 0.1) is 5.82 Å². The van der Waals surface area contributed by atoms with E-state index in [1.54, 1.807) is 0 Å². The van der Waals surface area contributed by atoms with Crippen molar-refractivity contribution < 1.29 is 19.1 Å². The average Bonchev–Trinajstić information content (AvgIpc) is 2.26. The zero-order valence-corrected chi connectivity index (χ0v) is 10.4. The third-order valence-corrected chi connectivity index (χ3v) is 2.96. The second-order valence-electron chi connectivity index (χ2n) is 4.42. The minimum absolute atomic E-state index is 0.148. The maximum absolute atomic E-state index is 13.6. The van der Waals surface area contributed by atoms with Gasteiger partial charge in [0.15, 0.2) is 0 Å². The van der Waals surface area contributed by atoms with E-state index in [0.717, 1.165) is 6.07 Å². The van der Waals surface area contributed by atoms with Gasteiger partial charge in [-0.3, -0.25) is 4.79 Å². The molecule has 0 fully saturated rings. The van der Waals surface area contributed by atoms with Crippen LogP contribution < -0.4 is 10.6 Å². The van der Waals surface area contributed by atoms with Crippen LogP contribution in [0.1, 0.15) is 24.2 Å². The van der Waals surface area contributed by atoms with Crippen LogP contribution in [0.5, 0.6) is 0 Å². The number of carbonyl (C=O) groups excluding carboxylic acids is 1. The molecule has 0 spiro atoms. The molecule has 18 heavy (non-hydrogen) atoms. The summed E-state index contributed by atoms with van der Waals surface area (Å²) in [5.41, 5.74) is 3.66. The van der Waals surface area contributed by atoms with Gasteiger partial charge < -0.3 is 15.7 Å². The number of likely N-dealkylation sites (N-methyl/N-ethyl adjacent to an activating group) is 1. The molecule has 0 bridgehead atoms. The van der Waals surface area contributed by atoms with Crippen molar-refractivity contribution in [2.45, 2.75) is 19.4 Å². The Morgan fingerprint density at radius 3 is 2.39 bits per heavy atom. The van der Waals surface area contributed by atoms with Crippen LogP contribution >= 0.6 is 0 Å². The molecule has 0 saturated heterocycles.